The van der Waals surface area contributed by atoms with Gasteiger partial charge in [-0.3, -0.25) is 4.99 Å². The van der Waals surface area contributed by atoms with Crippen molar-refractivity contribution in [1.29, 1.82) is 0 Å². The Balaban J connectivity index is 3.50. The molecule has 0 aliphatic heterocycles. The van der Waals surface area contributed by atoms with E-state index in [1.807, 2.05) is 13.0 Å². The second-order valence-electron chi connectivity index (χ2n) is 2.70. The van der Waals surface area contributed by atoms with Crippen LogP contribution in [0.25, 0.3) is 5.76 Å². The largest absolute Gasteiger partial charge is 0.508 e. The zero-order chi connectivity index (χ0) is 10.0. The van der Waals surface area contributed by atoms with Gasteiger partial charge in [-0.05, 0) is 41.2 Å². The molecule has 1 aromatic rings. The highest BCUT2D eigenvalue weighted by molar-refractivity contribution is 9.10. The lowest BCUT2D eigenvalue weighted by Gasteiger charge is -2.08. The monoisotopic (exact) mass is 239 g/mol. The Morgan fingerprint density at radius 2 is 2.15 bits per heavy atom. The summed E-state index contributed by atoms with van der Waals surface area (Å²) in [5.41, 5.74) is 2.26. The van der Waals surface area contributed by atoms with Crippen LogP contribution in [0.5, 0.6) is 0 Å². The summed E-state index contributed by atoms with van der Waals surface area (Å²) >= 11 is 3.36. The molecule has 13 heavy (non-hydrogen) atoms. The first-order valence-corrected chi connectivity index (χ1v) is 4.51. The molecule has 0 saturated carbocycles. The molecule has 1 N–H and O–H groups in total. The molecule has 1 rings (SSSR count). The van der Waals surface area contributed by atoms with Gasteiger partial charge in [-0.2, -0.15) is 0 Å². The van der Waals surface area contributed by atoms with Crippen LogP contribution >= 0.6 is 15.9 Å². The molecule has 0 atom stereocenters. The van der Waals surface area contributed by atoms with Gasteiger partial charge >= 0.3 is 0 Å². The summed E-state index contributed by atoms with van der Waals surface area (Å²) in [6.07, 6.45) is 0. The van der Waals surface area contributed by atoms with Gasteiger partial charge in [0.1, 0.15) is 5.76 Å². The Hall–Kier alpha value is -1.09. The number of aliphatic hydroxyl groups excluding tert-OH is 1. The average Bonchev–Trinajstić information content (AvgIpc) is 2.08. The van der Waals surface area contributed by atoms with Crippen molar-refractivity contribution >= 4 is 34.1 Å². The van der Waals surface area contributed by atoms with Crippen LogP contribution in [0, 0.1) is 6.92 Å². The van der Waals surface area contributed by atoms with Crippen molar-refractivity contribution in [2.45, 2.75) is 6.92 Å². The topological polar surface area (TPSA) is 32.6 Å². The maximum Gasteiger partial charge on any atom is 0.118 e. The third kappa shape index (κ3) is 1.80. The molecule has 0 aliphatic carbocycles. The highest BCUT2D eigenvalue weighted by atomic mass is 79.9. The van der Waals surface area contributed by atoms with Gasteiger partial charge in [0, 0.05) is 4.47 Å². The van der Waals surface area contributed by atoms with E-state index in [9.17, 15) is 5.11 Å². The Morgan fingerprint density at radius 3 is 2.62 bits per heavy atom. The zero-order valence-corrected chi connectivity index (χ0v) is 8.93. The van der Waals surface area contributed by atoms with Crippen molar-refractivity contribution < 1.29 is 5.11 Å². The lowest BCUT2D eigenvalue weighted by Crippen LogP contribution is -1.87. The van der Waals surface area contributed by atoms with Crippen molar-refractivity contribution in [2.24, 2.45) is 4.99 Å². The van der Waals surface area contributed by atoms with Gasteiger partial charge < -0.3 is 5.11 Å². The Morgan fingerprint density at radius 1 is 1.54 bits per heavy atom. The Labute approximate surface area is 85.8 Å². The maximum absolute atomic E-state index is 9.33. The van der Waals surface area contributed by atoms with Gasteiger partial charge in [0.25, 0.3) is 0 Å². The minimum absolute atomic E-state index is 0.00187. The lowest BCUT2D eigenvalue weighted by molar-refractivity contribution is 0.513. The van der Waals surface area contributed by atoms with Crippen molar-refractivity contribution in [3.05, 3.63) is 34.3 Å². The number of nitrogens with zero attached hydrogens (tertiary/aromatic N) is 1. The summed E-state index contributed by atoms with van der Waals surface area (Å²) in [6, 6.07) is 3.70. The quantitative estimate of drug-likeness (QED) is 0.621. The number of hydrogen-bond donors (Lipinski definition) is 1. The lowest BCUT2D eigenvalue weighted by atomic mass is 10.1. The van der Waals surface area contributed by atoms with Crippen molar-refractivity contribution in [1.82, 2.24) is 0 Å². The minimum atomic E-state index is -0.00187. The van der Waals surface area contributed by atoms with E-state index in [1.54, 1.807) is 6.07 Å². The van der Waals surface area contributed by atoms with Crippen LogP contribution < -0.4 is 0 Å². The first-order chi connectivity index (χ1) is 6.07. The van der Waals surface area contributed by atoms with E-state index in [0.29, 0.717) is 11.3 Å². The molecule has 0 bridgehead atoms. The van der Waals surface area contributed by atoms with Gasteiger partial charge in [0.05, 0.1) is 11.3 Å². The summed E-state index contributed by atoms with van der Waals surface area (Å²) < 4.78 is 0.810. The van der Waals surface area contributed by atoms with Crippen LogP contribution in [0.1, 0.15) is 11.1 Å². The fourth-order valence-electron chi connectivity index (χ4n) is 1.08. The van der Waals surface area contributed by atoms with Gasteiger partial charge in [-0.15, -0.1) is 0 Å². The van der Waals surface area contributed by atoms with Crippen LogP contribution in [-0.2, 0) is 0 Å². The first-order valence-electron chi connectivity index (χ1n) is 3.72. The molecular formula is C10H10BrNO. The molecule has 0 radical (unpaired) electrons. The molecule has 0 amide bonds. The fourth-order valence-corrected chi connectivity index (χ4v) is 1.64. The smallest absolute Gasteiger partial charge is 0.118 e. The van der Waals surface area contributed by atoms with E-state index in [-0.39, 0.29) is 5.76 Å². The molecule has 0 aromatic heterocycles. The number of rotatable bonds is 2. The second-order valence-corrected chi connectivity index (χ2v) is 3.49. The second kappa shape index (κ2) is 3.75. The molecule has 1 aromatic carbocycles. The number of aliphatic imine (C=N–C) groups is 1. The van der Waals surface area contributed by atoms with E-state index in [4.69, 9.17) is 0 Å². The molecule has 0 fully saturated rings. The Kier molecular flexibility index (Phi) is 2.88. The van der Waals surface area contributed by atoms with Crippen LogP contribution in [0.3, 0.4) is 0 Å². The third-order valence-electron chi connectivity index (χ3n) is 1.77. The molecule has 0 spiro atoms. The molecule has 2 nitrogen and oxygen atoms in total. The van der Waals surface area contributed by atoms with Crippen LogP contribution in [0.2, 0.25) is 0 Å². The number of aliphatic hydroxyl groups is 1. The summed E-state index contributed by atoms with van der Waals surface area (Å²) in [5, 5.41) is 9.33. The normalized spacial score (nSPS) is 9.69. The van der Waals surface area contributed by atoms with Gasteiger partial charge in [-0.1, -0.05) is 12.6 Å². The molecule has 0 aliphatic rings. The van der Waals surface area contributed by atoms with Crippen molar-refractivity contribution in [2.75, 3.05) is 0 Å². The third-order valence-corrected chi connectivity index (χ3v) is 2.79. The maximum atomic E-state index is 9.33. The SMILES string of the molecule is C=Nc1ccc(C)c(Br)c1C(=C)O. The number of halogens is 1. The molecular weight excluding hydrogens is 230 g/mol. The van der Waals surface area contributed by atoms with E-state index in [2.05, 4.69) is 34.2 Å². The molecule has 0 unspecified atom stereocenters. The van der Waals surface area contributed by atoms with E-state index in [1.165, 1.54) is 0 Å². The van der Waals surface area contributed by atoms with Crippen LogP contribution in [-0.4, -0.2) is 11.8 Å². The molecule has 68 valence electrons. The van der Waals surface area contributed by atoms with Crippen molar-refractivity contribution in [3.8, 4) is 0 Å². The van der Waals surface area contributed by atoms with E-state index in [0.717, 1.165) is 10.0 Å². The minimum Gasteiger partial charge on any atom is -0.508 e. The predicted molar refractivity (Wildman–Crippen MR) is 59.8 cm³/mol. The van der Waals surface area contributed by atoms with Gasteiger partial charge in [-0.25, -0.2) is 0 Å². The predicted octanol–water partition coefficient (Wildman–Crippen LogP) is 3.62. The van der Waals surface area contributed by atoms with E-state index < -0.39 is 0 Å². The molecule has 3 heteroatoms. The average molecular weight is 240 g/mol. The fraction of sp³-hybridized carbons (Fsp3) is 0.100. The first kappa shape index (κ1) is 9.99. The summed E-state index contributed by atoms with van der Waals surface area (Å²) in [5.74, 6) is -0.00187. The number of aryl methyl sites for hydroxylation is 1. The highest BCUT2D eigenvalue weighted by Crippen LogP contribution is 2.33. The zero-order valence-electron chi connectivity index (χ0n) is 7.34. The van der Waals surface area contributed by atoms with Crippen molar-refractivity contribution in [3.63, 3.8) is 0 Å². The van der Waals surface area contributed by atoms with Crippen LogP contribution in [0.4, 0.5) is 5.69 Å². The van der Waals surface area contributed by atoms with Gasteiger partial charge in [0.15, 0.2) is 0 Å². The molecule has 0 saturated heterocycles. The van der Waals surface area contributed by atoms with E-state index >= 15 is 0 Å². The molecule has 0 heterocycles. The summed E-state index contributed by atoms with van der Waals surface area (Å²) in [6.45, 7) is 8.83. The van der Waals surface area contributed by atoms with Gasteiger partial charge in [0.2, 0.25) is 0 Å². The Bertz CT molecular complexity index is 371. The number of benzene rings is 1. The summed E-state index contributed by atoms with van der Waals surface area (Å²) in [7, 11) is 0. The standard InChI is InChI=1S/C10H10BrNO/c1-6-4-5-8(12-3)9(7(2)13)10(6)11/h4-5,13H,2-3H2,1H3. The highest BCUT2D eigenvalue weighted by Gasteiger charge is 2.10. The summed E-state index contributed by atoms with van der Waals surface area (Å²) in [4.78, 5) is 3.79. The van der Waals surface area contributed by atoms with Crippen LogP contribution in [0.15, 0.2) is 28.2 Å². The number of hydrogen-bond acceptors (Lipinski definition) is 2.